The van der Waals surface area contributed by atoms with Gasteiger partial charge in [0.15, 0.2) is 0 Å². The van der Waals surface area contributed by atoms with Crippen LogP contribution >= 0.6 is 0 Å². The predicted octanol–water partition coefficient (Wildman–Crippen LogP) is 3.44. The summed E-state index contributed by atoms with van der Waals surface area (Å²) in [5, 5.41) is 16.1. The fourth-order valence-corrected chi connectivity index (χ4v) is 7.53. The van der Waals surface area contributed by atoms with Crippen molar-refractivity contribution in [2.75, 3.05) is 6.54 Å². The van der Waals surface area contributed by atoms with Gasteiger partial charge in [-0.25, -0.2) is 0 Å². The lowest BCUT2D eigenvalue weighted by atomic mass is 9.74. The van der Waals surface area contributed by atoms with E-state index in [1.807, 2.05) is 29.2 Å². The lowest BCUT2D eigenvalue weighted by Gasteiger charge is -2.42. The molecule has 1 aliphatic heterocycles. The van der Waals surface area contributed by atoms with Crippen molar-refractivity contribution < 1.29 is 9.59 Å². The van der Waals surface area contributed by atoms with Crippen molar-refractivity contribution in [2.45, 2.75) is 69.1 Å². The summed E-state index contributed by atoms with van der Waals surface area (Å²) in [6, 6.07) is 17.9. The molecule has 4 saturated carbocycles. The average Bonchev–Trinajstić information content (AvgIpc) is 3.46. The van der Waals surface area contributed by atoms with Crippen molar-refractivity contribution in [3.8, 4) is 6.07 Å². The lowest BCUT2D eigenvalue weighted by molar-refractivity contribution is -0.131. The standard InChI is InChI=1S/C29H32N4O2/c30-15-21-7-5-20(6-8-21)9-10-26(34)32-29-13-22-11-25(29)14-28(12-22,19-29)31-16-27(35)33-17-23-3-1-2-4-24(23)18-33/h1-8,22,25,31H,9-14,16-19H2,(H,32,34). The van der Waals surface area contributed by atoms with E-state index in [9.17, 15) is 9.59 Å². The summed E-state index contributed by atoms with van der Waals surface area (Å²) in [4.78, 5) is 27.9. The van der Waals surface area contributed by atoms with E-state index < -0.39 is 0 Å². The van der Waals surface area contributed by atoms with Gasteiger partial charge in [-0.2, -0.15) is 5.26 Å². The largest absolute Gasteiger partial charge is 0.350 e. The van der Waals surface area contributed by atoms with Gasteiger partial charge in [-0.05, 0) is 79.2 Å². The number of benzene rings is 2. The minimum absolute atomic E-state index is 0.0333. The molecule has 6 nitrogen and oxygen atoms in total. The first-order valence-corrected chi connectivity index (χ1v) is 12.9. The van der Waals surface area contributed by atoms with E-state index in [-0.39, 0.29) is 22.9 Å². The molecule has 4 fully saturated rings. The van der Waals surface area contributed by atoms with Crippen LogP contribution in [-0.4, -0.2) is 34.3 Å². The minimum atomic E-state index is -0.120. The molecular formula is C29H32N4O2. The van der Waals surface area contributed by atoms with Crippen LogP contribution in [0.25, 0.3) is 0 Å². The maximum Gasteiger partial charge on any atom is 0.237 e. The Bertz CT molecular complexity index is 1180. The zero-order valence-corrected chi connectivity index (χ0v) is 20.1. The summed E-state index contributed by atoms with van der Waals surface area (Å²) in [6.07, 6.45) is 6.48. The van der Waals surface area contributed by atoms with Gasteiger partial charge in [0, 0.05) is 30.6 Å². The van der Waals surface area contributed by atoms with Crippen LogP contribution in [0.2, 0.25) is 0 Å². The third-order valence-electron chi connectivity index (χ3n) is 8.94. The summed E-state index contributed by atoms with van der Waals surface area (Å²) in [6.45, 7) is 1.78. The molecule has 7 rings (SSSR count). The van der Waals surface area contributed by atoms with Crippen LogP contribution < -0.4 is 10.6 Å². The number of hydrogen-bond donors (Lipinski definition) is 2. The maximum absolute atomic E-state index is 13.0. The molecule has 2 aromatic carbocycles. The van der Waals surface area contributed by atoms with Crippen molar-refractivity contribution in [3.05, 3.63) is 70.8 Å². The van der Waals surface area contributed by atoms with Crippen molar-refractivity contribution >= 4 is 11.8 Å². The van der Waals surface area contributed by atoms with Crippen molar-refractivity contribution in [1.29, 1.82) is 5.26 Å². The molecule has 0 spiro atoms. The molecule has 4 unspecified atom stereocenters. The average molecular weight is 469 g/mol. The number of amides is 2. The Labute approximate surface area is 206 Å². The van der Waals surface area contributed by atoms with E-state index in [0.717, 1.165) is 31.2 Å². The summed E-state index contributed by atoms with van der Waals surface area (Å²) >= 11 is 0. The van der Waals surface area contributed by atoms with Gasteiger partial charge in [0.25, 0.3) is 0 Å². The molecule has 4 bridgehead atoms. The molecule has 180 valence electrons. The SMILES string of the molecule is N#Cc1ccc(CCC(=O)NC23CC4CC2CC(NCC(=O)N2Cc5ccccc5C2)(C4)C3)cc1. The number of nitriles is 1. The van der Waals surface area contributed by atoms with E-state index in [1.54, 1.807) is 12.1 Å². The highest BCUT2D eigenvalue weighted by molar-refractivity contribution is 5.79. The van der Waals surface area contributed by atoms with Gasteiger partial charge in [-0.3, -0.25) is 9.59 Å². The quantitative estimate of drug-likeness (QED) is 0.652. The molecular weight excluding hydrogens is 436 g/mol. The highest BCUT2D eigenvalue weighted by Crippen LogP contribution is 2.62. The third-order valence-corrected chi connectivity index (χ3v) is 8.94. The molecule has 2 aromatic rings. The smallest absolute Gasteiger partial charge is 0.237 e. The molecule has 0 radical (unpaired) electrons. The van der Waals surface area contributed by atoms with E-state index >= 15 is 0 Å². The fraction of sp³-hybridized carbons (Fsp3) is 0.483. The number of carbonyl (C=O) groups is 2. The van der Waals surface area contributed by atoms with Crippen LogP contribution in [0.3, 0.4) is 0 Å². The van der Waals surface area contributed by atoms with Gasteiger partial charge in [-0.15, -0.1) is 0 Å². The Morgan fingerprint density at radius 3 is 2.49 bits per heavy atom. The number of fused-ring (bicyclic) bond motifs is 1. The molecule has 2 N–H and O–H groups in total. The van der Waals surface area contributed by atoms with Crippen molar-refractivity contribution in [1.82, 2.24) is 15.5 Å². The Morgan fingerprint density at radius 2 is 1.77 bits per heavy atom. The second kappa shape index (κ2) is 8.49. The third kappa shape index (κ3) is 4.12. The first-order valence-electron chi connectivity index (χ1n) is 12.9. The fourth-order valence-electron chi connectivity index (χ4n) is 7.53. The number of nitrogens with one attached hydrogen (secondary N) is 2. The number of nitrogens with zero attached hydrogens (tertiary/aromatic N) is 2. The number of carbonyl (C=O) groups excluding carboxylic acids is 2. The van der Waals surface area contributed by atoms with Crippen LogP contribution in [0.4, 0.5) is 0 Å². The van der Waals surface area contributed by atoms with Crippen LogP contribution in [0.15, 0.2) is 48.5 Å². The lowest BCUT2D eigenvalue weighted by Crippen LogP contribution is -2.56. The summed E-state index contributed by atoms with van der Waals surface area (Å²) in [7, 11) is 0. The molecule has 0 aromatic heterocycles. The van der Waals surface area contributed by atoms with Gasteiger partial charge in [0.2, 0.25) is 11.8 Å². The van der Waals surface area contributed by atoms with Gasteiger partial charge in [-0.1, -0.05) is 36.4 Å². The second-order valence-corrected chi connectivity index (χ2v) is 11.3. The Morgan fingerprint density at radius 1 is 1.03 bits per heavy atom. The highest BCUT2D eigenvalue weighted by atomic mass is 16.2. The molecule has 4 atom stereocenters. The number of hydrogen-bond acceptors (Lipinski definition) is 4. The maximum atomic E-state index is 13.0. The molecule has 4 aliphatic carbocycles. The summed E-state index contributed by atoms with van der Waals surface area (Å²) in [5.74, 6) is 1.40. The summed E-state index contributed by atoms with van der Waals surface area (Å²) < 4.78 is 0. The summed E-state index contributed by atoms with van der Waals surface area (Å²) in [5.41, 5.74) is 4.07. The molecule has 1 heterocycles. The van der Waals surface area contributed by atoms with Gasteiger partial charge in [0.05, 0.1) is 18.2 Å². The van der Waals surface area contributed by atoms with Crippen LogP contribution in [0.5, 0.6) is 0 Å². The van der Waals surface area contributed by atoms with Crippen molar-refractivity contribution in [3.63, 3.8) is 0 Å². The molecule has 0 saturated heterocycles. The molecule has 35 heavy (non-hydrogen) atoms. The van der Waals surface area contributed by atoms with E-state index in [0.29, 0.717) is 49.9 Å². The Hall–Kier alpha value is -3.17. The molecule has 5 aliphatic rings. The Kier molecular flexibility index (Phi) is 5.41. The van der Waals surface area contributed by atoms with E-state index in [4.69, 9.17) is 5.26 Å². The van der Waals surface area contributed by atoms with Crippen molar-refractivity contribution in [2.24, 2.45) is 11.8 Å². The first kappa shape index (κ1) is 22.3. The van der Waals surface area contributed by atoms with Crippen LogP contribution in [-0.2, 0) is 29.1 Å². The zero-order chi connectivity index (χ0) is 24.0. The Balaban J connectivity index is 1.05. The number of rotatable bonds is 7. The normalized spacial score (nSPS) is 29.7. The van der Waals surface area contributed by atoms with Gasteiger partial charge in [0.1, 0.15) is 0 Å². The topological polar surface area (TPSA) is 85.2 Å². The minimum Gasteiger partial charge on any atom is -0.350 e. The monoisotopic (exact) mass is 468 g/mol. The predicted molar refractivity (Wildman–Crippen MR) is 132 cm³/mol. The van der Waals surface area contributed by atoms with E-state index in [2.05, 4.69) is 28.8 Å². The number of aryl methyl sites for hydroxylation is 1. The highest BCUT2D eigenvalue weighted by Gasteiger charge is 2.64. The van der Waals surface area contributed by atoms with Crippen LogP contribution in [0, 0.1) is 23.2 Å². The molecule has 2 amide bonds. The second-order valence-electron chi connectivity index (χ2n) is 11.3. The zero-order valence-electron chi connectivity index (χ0n) is 20.1. The van der Waals surface area contributed by atoms with E-state index in [1.165, 1.54) is 17.5 Å². The van der Waals surface area contributed by atoms with Crippen LogP contribution in [0.1, 0.15) is 60.8 Å². The van der Waals surface area contributed by atoms with Gasteiger partial charge >= 0.3 is 0 Å². The van der Waals surface area contributed by atoms with Gasteiger partial charge < -0.3 is 15.5 Å². The molecule has 6 heteroatoms. The first-order chi connectivity index (χ1) is 17.0.